The number of hydrogen-bond acceptors (Lipinski definition) is 3. The summed E-state index contributed by atoms with van der Waals surface area (Å²) in [6, 6.07) is 10.2. The van der Waals surface area contributed by atoms with Crippen molar-refractivity contribution in [2.75, 3.05) is 13.6 Å². The molecule has 22 heavy (non-hydrogen) atoms. The lowest BCUT2D eigenvalue weighted by atomic mass is 9.93. The third-order valence-electron chi connectivity index (χ3n) is 4.26. The largest absolute Gasteiger partial charge is 0.345 e. The molecule has 4 heteroatoms. The van der Waals surface area contributed by atoms with Gasteiger partial charge in [0.15, 0.2) is 0 Å². The fourth-order valence-electron chi connectivity index (χ4n) is 3.09. The molecule has 1 heterocycles. The van der Waals surface area contributed by atoms with Crippen molar-refractivity contribution in [1.82, 2.24) is 10.6 Å². The number of likely N-dealkylation sites (N-methyl/N-ethyl adjacent to an activating group) is 1. The van der Waals surface area contributed by atoms with E-state index in [9.17, 15) is 4.79 Å². The number of thiophene rings is 1. The van der Waals surface area contributed by atoms with Crippen molar-refractivity contribution in [1.29, 1.82) is 0 Å². The van der Waals surface area contributed by atoms with Gasteiger partial charge in [0.1, 0.15) is 0 Å². The molecular weight excluding hydrogens is 292 g/mol. The Bertz CT molecular complexity index is 650. The standard InChI is InChI=1S/C18H22N2OS/c1-19-11-9-13-5-2-3-6-14(13)18(21)20-16-7-4-8-17-15(16)10-12-22-17/h2-3,5-6,10,12,16,19H,4,7-9,11H2,1H3,(H,20,21). The molecule has 0 radical (unpaired) electrons. The van der Waals surface area contributed by atoms with E-state index in [0.717, 1.165) is 43.4 Å². The molecule has 0 spiro atoms. The van der Waals surface area contributed by atoms with Gasteiger partial charge >= 0.3 is 0 Å². The van der Waals surface area contributed by atoms with Crippen LogP contribution in [0, 0.1) is 0 Å². The lowest BCUT2D eigenvalue weighted by molar-refractivity contribution is 0.0932. The highest BCUT2D eigenvalue weighted by molar-refractivity contribution is 7.10. The zero-order valence-electron chi connectivity index (χ0n) is 12.9. The smallest absolute Gasteiger partial charge is 0.252 e. The molecule has 1 atom stereocenters. The quantitative estimate of drug-likeness (QED) is 0.889. The van der Waals surface area contributed by atoms with Crippen molar-refractivity contribution >= 4 is 17.2 Å². The molecule has 0 aliphatic heterocycles. The minimum atomic E-state index is 0.0516. The summed E-state index contributed by atoms with van der Waals surface area (Å²) in [5, 5.41) is 8.52. The molecular formula is C18H22N2OS. The number of amides is 1. The number of rotatable bonds is 5. The van der Waals surface area contributed by atoms with Crippen LogP contribution in [0.15, 0.2) is 35.7 Å². The third kappa shape index (κ3) is 3.23. The SMILES string of the molecule is CNCCc1ccccc1C(=O)NC1CCCc2sccc21. The molecule has 1 aliphatic carbocycles. The average molecular weight is 314 g/mol. The number of fused-ring (bicyclic) bond motifs is 1. The predicted octanol–water partition coefficient (Wildman–Crippen LogP) is 3.32. The Kier molecular flexibility index (Phi) is 4.90. The summed E-state index contributed by atoms with van der Waals surface area (Å²) in [5.41, 5.74) is 3.23. The minimum absolute atomic E-state index is 0.0516. The molecule has 2 aromatic rings. The fourth-order valence-corrected chi connectivity index (χ4v) is 4.08. The maximum Gasteiger partial charge on any atom is 0.252 e. The number of aryl methyl sites for hydroxylation is 1. The Hall–Kier alpha value is -1.65. The van der Waals surface area contributed by atoms with E-state index in [2.05, 4.69) is 22.1 Å². The van der Waals surface area contributed by atoms with Crippen molar-refractivity contribution in [3.63, 3.8) is 0 Å². The minimum Gasteiger partial charge on any atom is -0.345 e. The summed E-state index contributed by atoms with van der Waals surface area (Å²) in [4.78, 5) is 14.1. The van der Waals surface area contributed by atoms with E-state index < -0.39 is 0 Å². The van der Waals surface area contributed by atoms with Gasteiger partial charge in [-0.25, -0.2) is 0 Å². The highest BCUT2D eigenvalue weighted by Crippen LogP contribution is 2.33. The molecule has 0 bridgehead atoms. The van der Waals surface area contributed by atoms with E-state index >= 15 is 0 Å². The van der Waals surface area contributed by atoms with E-state index in [1.807, 2.05) is 31.3 Å². The van der Waals surface area contributed by atoms with E-state index in [-0.39, 0.29) is 11.9 Å². The number of hydrogen-bond donors (Lipinski definition) is 2. The summed E-state index contributed by atoms with van der Waals surface area (Å²) in [7, 11) is 1.93. The number of benzene rings is 1. The Morgan fingerprint density at radius 1 is 1.32 bits per heavy atom. The van der Waals surface area contributed by atoms with Crippen LogP contribution >= 0.6 is 11.3 Å². The second-order valence-corrected chi connectivity index (χ2v) is 6.73. The molecule has 0 saturated heterocycles. The van der Waals surface area contributed by atoms with Crippen LogP contribution < -0.4 is 10.6 Å². The van der Waals surface area contributed by atoms with Gasteiger partial charge in [-0.05, 0) is 67.9 Å². The van der Waals surface area contributed by atoms with Gasteiger partial charge in [0.05, 0.1) is 6.04 Å². The highest BCUT2D eigenvalue weighted by atomic mass is 32.1. The lowest BCUT2D eigenvalue weighted by Crippen LogP contribution is -2.31. The Labute approximate surface area is 135 Å². The summed E-state index contributed by atoms with van der Waals surface area (Å²) < 4.78 is 0. The number of carbonyl (C=O) groups excluding carboxylic acids is 1. The zero-order valence-corrected chi connectivity index (χ0v) is 13.7. The molecule has 1 aromatic heterocycles. The van der Waals surface area contributed by atoms with Crippen molar-refractivity contribution < 1.29 is 4.79 Å². The molecule has 3 nitrogen and oxygen atoms in total. The van der Waals surface area contributed by atoms with Gasteiger partial charge in [0, 0.05) is 10.4 Å². The second-order valence-electron chi connectivity index (χ2n) is 5.73. The number of carbonyl (C=O) groups is 1. The van der Waals surface area contributed by atoms with E-state index in [1.54, 1.807) is 11.3 Å². The van der Waals surface area contributed by atoms with Crippen molar-refractivity contribution in [3.05, 3.63) is 57.3 Å². The van der Waals surface area contributed by atoms with Gasteiger partial charge in [-0.15, -0.1) is 11.3 Å². The van der Waals surface area contributed by atoms with Crippen LogP contribution in [0.3, 0.4) is 0 Å². The molecule has 1 aliphatic rings. The monoisotopic (exact) mass is 314 g/mol. The van der Waals surface area contributed by atoms with Gasteiger partial charge in [-0.2, -0.15) is 0 Å². The maximum atomic E-state index is 12.7. The van der Waals surface area contributed by atoms with Crippen LogP contribution in [0.1, 0.15) is 45.2 Å². The van der Waals surface area contributed by atoms with Crippen molar-refractivity contribution in [3.8, 4) is 0 Å². The van der Waals surface area contributed by atoms with E-state index in [4.69, 9.17) is 0 Å². The zero-order chi connectivity index (χ0) is 15.4. The molecule has 3 rings (SSSR count). The summed E-state index contributed by atoms with van der Waals surface area (Å²) in [6.07, 6.45) is 4.21. The third-order valence-corrected chi connectivity index (χ3v) is 5.26. The highest BCUT2D eigenvalue weighted by Gasteiger charge is 2.23. The van der Waals surface area contributed by atoms with Gasteiger partial charge in [0.25, 0.3) is 5.91 Å². The molecule has 1 unspecified atom stereocenters. The summed E-state index contributed by atoms with van der Waals surface area (Å²) in [5.74, 6) is 0.0516. The first-order chi connectivity index (χ1) is 10.8. The normalized spacial score (nSPS) is 17.0. The number of nitrogens with one attached hydrogen (secondary N) is 2. The van der Waals surface area contributed by atoms with Crippen molar-refractivity contribution in [2.24, 2.45) is 0 Å². The predicted molar refractivity (Wildman–Crippen MR) is 91.5 cm³/mol. The van der Waals surface area contributed by atoms with Crippen LogP contribution in [0.2, 0.25) is 0 Å². The van der Waals surface area contributed by atoms with Crippen LogP contribution in [0.5, 0.6) is 0 Å². The van der Waals surface area contributed by atoms with Gasteiger partial charge in [0.2, 0.25) is 0 Å². The van der Waals surface area contributed by atoms with Gasteiger partial charge in [-0.3, -0.25) is 4.79 Å². The Balaban J connectivity index is 1.76. The second kappa shape index (κ2) is 7.07. The van der Waals surface area contributed by atoms with Crippen LogP contribution in [-0.4, -0.2) is 19.5 Å². The van der Waals surface area contributed by atoms with Gasteiger partial charge in [-0.1, -0.05) is 18.2 Å². The Morgan fingerprint density at radius 3 is 3.05 bits per heavy atom. The summed E-state index contributed by atoms with van der Waals surface area (Å²) >= 11 is 1.81. The molecule has 0 fully saturated rings. The Morgan fingerprint density at radius 2 is 2.18 bits per heavy atom. The lowest BCUT2D eigenvalue weighted by Gasteiger charge is -2.24. The molecule has 1 amide bonds. The van der Waals surface area contributed by atoms with Crippen LogP contribution in [-0.2, 0) is 12.8 Å². The van der Waals surface area contributed by atoms with E-state index in [0.29, 0.717) is 0 Å². The molecule has 0 saturated carbocycles. The first-order valence-corrected chi connectivity index (χ1v) is 8.77. The average Bonchev–Trinajstić information content (AvgIpc) is 3.03. The maximum absolute atomic E-state index is 12.7. The summed E-state index contributed by atoms with van der Waals surface area (Å²) in [6.45, 7) is 0.877. The molecule has 1 aromatic carbocycles. The van der Waals surface area contributed by atoms with Gasteiger partial charge < -0.3 is 10.6 Å². The first kappa shape index (κ1) is 15.3. The van der Waals surface area contributed by atoms with Crippen LogP contribution in [0.4, 0.5) is 0 Å². The van der Waals surface area contributed by atoms with Crippen molar-refractivity contribution in [2.45, 2.75) is 31.7 Å². The molecule has 116 valence electrons. The van der Waals surface area contributed by atoms with E-state index in [1.165, 1.54) is 10.4 Å². The first-order valence-electron chi connectivity index (χ1n) is 7.89. The fraction of sp³-hybridized carbons (Fsp3) is 0.389. The topological polar surface area (TPSA) is 41.1 Å². The molecule has 2 N–H and O–H groups in total. The van der Waals surface area contributed by atoms with Crippen LogP contribution in [0.25, 0.3) is 0 Å².